The average molecular weight is 251 g/mol. The number of nitrogens with two attached hydrogens (primary N) is 1. The highest BCUT2D eigenvalue weighted by molar-refractivity contribution is 7.12. The standard InChI is InChI=1S/C12H17N3OS/c13-14-12(16)11-9(3-4-17-11)7-15-6-8-1-2-10(15)5-8/h3-4,8,10H,1-2,5-7,13H2,(H,14,16). The summed E-state index contributed by atoms with van der Waals surface area (Å²) in [5.41, 5.74) is 3.34. The van der Waals surface area contributed by atoms with Crippen LogP contribution >= 0.6 is 11.3 Å². The minimum atomic E-state index is -0.167. The number of thiophene rings is 1. The van der Waals surface area contributed by atoms with Gasteiger partial charge < -0.3 is 0 Å². The molecule has 1 aliphatic carbocycles. The van der Waals surface area contributed by atoms with E-state index in [9.17, 15) is 4.79 Å². The number of nitrogens with one attached hydrogen (secondary N) is 1. The first kappa shape index (κ1) is 11.2. The number of piperidine rings is 1. The van der Waals surface area contributed by atoms with Crippen molar-refractivity contribution in [3.05, 3.63) is 21.9 Å². The Morgan fingerprint density at radius 2 is 2.47 bits per heavy atom. The summed E-state index contributed by atoms with van der Waals surface area (Å²) in [5.74, 6) is 5.92. The van der Waals surface area contributed by atoms with Gasteiger partial charge in [0, 0.05) is 19.1 Å². The van der Waals surface area contributed by atoms with E-state index < -0.39 is 0 Å². The summed E-state index contributed by atoms with van der Waals surface area (Å²) in [4.78, 5) is 14.9. The molecule has 2 fully saturated rings. The van der Waals surface area contributed by atoms with Crippen molar-refractivity contribution >= 4 is 17.2 Å². The number of likely N-dealkylation sites (tertiary alicyclic amines) is 1. The molecule has 1 aliphatic heterocycles. The zero-order chi connectivity index (χ0) is 11.8. The third-order valence-electron chi connectivity index (χ3n) is 3.98. The molecule has 92 valence electrons. The Labute approximate surface area is 105 Å². The fourth-order valence-electron chi connectivity index (χ4n) is 3.16. The minimum absolute atomic E-state index is 0.167. The molecular weight excluding hydrogens is 234 g/mol. The van der Waals surface area contributed by atoms with Crippen LogP contribution in [0.1, 0.15) is 34.5 Å². The van der Waals surface area contributed by atoms with Crippen molar-refractivity contribution in [1.82, 2.24) is 10.3 Å². The Morgan fingerprint density at radius 3 is 3.12 bits per heavy atom. The molecule has 1 amide bonds. The first-order chi connectivity index (χ1) is 8.28. The number of amides is 1. The lowest BCUT2D eigenvalue weighted by molar-refractivity contribution is 0.0955. The van der Waals surface area contributed by atoms with Crippen LogP contribution in [-0.4, -0.2) is 23.4 Å². The SMILES string of the molecule is NNC(=O)c1sccc1CN1CC2CCC1C2. The highest BCUT2D eigenvalue weighted by atomic mass is 32.1. The van der Waals surface area contributed by atoms with E-state index in [4.69, 9.17) is 5.84 Å². The van der Waals surface area contributed by atoms with Gasteiger partial charge in [-0.1, -0.05) is 0 Å². The van der Waals surface area contributed by atoms with Gasteiger partial charge in [-0.25, -0.2) is 5.84 Å². The Balaban J connectivity index is 1.73. The normalized spacial score (nSPS) is 27.6. The average Bonchev–Trinajstić information content (AvgIpc) is 3.03. The molecular formula is C12H17N3OS. The molecule has 2 atom stereocenters. The van der Waals surface area contributed by atoms with E-state index in [1.807, 2.05) is 11.4 Å². The summed E-state index contributed by atoms with van der Waals surface area (Å²) >= 11 is 1.47. The van der Waals surface area contributed by atoms with Gasteiger partial charge in [-0.3, -0.25) is 15.1 Å². The van der Waals surface area contributed by atoms with Crippen molar-refractivity contribution in [3.63, 3.8) is 0 Å². The van der Waals surface area contributed by atoms with E-state index in [0.717, 1.165) is 28.9 Å². The Morgan fingerprint density at radius 1 is 1.59 bits per heavy atom. The topological polar surface area (TPSA) is 58.4 Å². The maximum Gasteiger partial charge on any atom is 0.275 e. The lowest BCUT2D eigenvalue weighted by atomic mass is 10.1. The van der Waals surface area contributed by atoms with Crippen LogP contribution in [0.15, 0.2) is 11.4 Å². The van der Waals surface area contributed by atoms with Crippen LogP contribution in [0.4, 0.5) is 0 Å². The minimum Gasteiger partial charge on any atom is -0.296 e. The predicted octanol–water partition coefficient (Wildman–Crippen LogP) is 1.34. The highest BCUT2D eigenvalue weighted by Crippen LogP contribution is 2.38. The van der Waals surface area contributed by atoms with Crippen LogP contribution in [0.2, 0.25) is 0 Å². The molecule has 4 nitrogen and oxygen atoms in total. The fraction of sp³-hybridized carbons (Fsp3) is 0.583. The van der Waals surface area contributed by atoms with Gasteiger partial charge in [0.1, 0.15) is 0 Å². The van der Waals surface area contributed by atoms with Gasteiger partial charge in [0.05, 0.1) is 4.88 Å². The van der Waals surface area contributed by atoms with Crippen LogP contribution in [-0.2, 0) is 6.54 Å². The summed E-state index contributed by atoms with van der Waals surface area (Å²) in [7, 11) is 0. The molecule has 0 radical (unpaired) electrons. The maximum absolute atomic E-state index is 11.6. The third kappa shape index (κ3) is 1.99. The fourth-order valence-corrected chi connectivity index (χ4v) is 3.98. The number of hydrazine groups is 1. The zero-order valence-corrected chi connectivity index (χ0v) is 10.5. The van der Waals surface area contributed by atoms with Crippen LogP contribution < -0.4 is 11.3 Å². The molecule has 0 spiro atoms. The van der Waals surface area contributed by atoms with Gasteiger partial charge in [0.25, 0.3) is 5.91 Å². The molecule has 2 heterocycles. The molecule has 1 saturated heterocycles. The van der Waals surface area contributed by atoms with Gasteiger partial charge in [-0.05, 0) is 42.2 Å². The van der Waals surface area contributed by atoms with Crippen molar-refractivity contribution < 1.29 is 4.79 Å². The molecule has 1 saturated carbocycles. The van der Waals surface area contributed by atoms with Crippen LogP contribution in [0.25, 0.3) is 0 Å². The number of carbonyl (C=O) groups excluding carboxylic acids is 1. The summed E-state index contributed by atoms with van der Waals surface area (Å²) in [6.45, 7) is 2.09. The van der Waals surface area contributed by atoms with Crippen molar-refractivity contribution in [2.45, 2.75) is 31.8 Å². The van der Waals surface area contributed by atoms with Crippen LogP contribution in [0, 0.1) is 5.92 Å². The monoisotopic (exact) mass is 251 g/mol. The number of rotatable bonds is 3. The Kier molecular flexibility index (Phi) is 2.90. The molecule has 2 aliphatic rings. The Bertz CT molecular complexity index is 431. The van der Waals surface area contributed by atoms with Crippen molar-refractivity contribution in [2.75, 3.05) is 6.54 Å². The van der Waals surface area contributed by atoms with E-state index in [-0.39, 0.29) is 5.91 Å². The maximum atomic E-state index is 11.6. The lowest BCUT2D eigenvalue weighted by Gasteiger charge is -2.26. The first-order valence-electron chi connectivity index (χ1n) is 6.09. The van der Waals surface area contributed by atoms with Gasteiger partial charge >= 0.3 is 0 Å². The van der Waals surface area contributed by atoms with Crippen molar-refractivity contribution in [2.24, 2.45) is 11.8 Å². The van der Waals surface area contributed by atoms with E-state index in [2.05, 4.69) is 10.3 Å². The second-order valence-electron chi connectivity index (χ2n) is 5.01. The first-order valence-corrected chi connectivity index (χ1v) is 6.97. The largest absolute Gasteiger partial charge is 0.296 e. The number of nitrogen functional groups attached to an aromatic ring is 1. The zero-order valence-electron chi connectivity index (χ0n) is 9.69. The van der Waals surface area contributed by atoms with Gasteiger partial charge in [-0.15, -0.1) is 11.3 Å². The van der Waals surface area contributed by atoms with Crippen LogP contribution in [0.3, 0.4) is 0 Å². The summed E-state index contributed by atoms with van der Waals surface area (Å²) in [6.07, 6.45) is 4.07. The van der Waals surface area contributed by atoms with Gasteiger partial charge in [0.15, 0.2) is 0 Å². The quantitative estimate of drug-likeness (QED) is 0.484. The second-order valence-corrected chi connectivity index (χ2v) is 5.93. The number of hydrogen-bond donors (Lipinski definition) is 2. The number of hydrogen-bond acceptors (Lipinski definition) is 4. The molecule has 1 aromatic heterocycles. The molecule has 0 aromatic carbocycles. The molecule has 2 unspecified atom stereocenters. The molecule has 2 bridgehead atoms. The van der Waals surface area contributed by atoms with E-state index in [1.165, 1.54) is 37.1 Å². The van der Waals surface area contributed by atoms with Crippen molar-refractivity contribution in [3.8, 4) is 0 Å². The number of nitrogens with zero attached hydrogens (tertiary/aromatic N) is 1. The van der Waals surface area contributed by atoms with Gasteiger partial charge in [0.2, 0.25) is 0 Å². The van der Waals surface area contributed by atoms with E-state index in [1.54, 1.807) is 0 Å². The lowest BCUT2D eigenvalue weighted by Crippen LogP contribution is -2.33. The van der Waals surface area contributed by atoms with Crippen molar-refractivity contribution in [1.29, 1.82) is 0 Å². The van der Waals surface area contributed by atoms with E-state index >= 15 is 0 Å². The molecule has 5 heteroatoms. The second kappa shape index (κ2) is 4.40. The molecule has 1 aromatic rings. The molecule has 3 rings (SSSR count). The molecule has 17 heavy (non-hydrogen) atoms. The predicted molar refractivity (Wildman–Crippen MR) is 67.5 cm³/mol. The highest BCUT2D eigenvalue weighted by Gasteiger charge is 2.37. The third-order valence-corrected chi connectivity index (χ3v) is 4.94. The summed E-state index contributed by atoms with van der Waals surface area (Å²) < 4.78 is 0. The van der Waals surface area contributed by atoms with Gasteiger partial charge in [-0.2, -0.15) is 0 Å². The number of carbonyl (C=O) groups is 1. The molecule has 3 N–H and O–H groups in total. The smallest absolute Gasteiger partial charge is 0.275 e. The van der Waals surface area contributed by atoms with Crippen LogP contribution in [0.5, 0.6) is 0 Å². The van der Waals surface area contributed by atoms with E-state index in [0.29, 0.717) is 0 Å². The summed E-state index contributed by atoms with van der Waals surface area (Å²) in [6, 6.07) is 2.79. The number of fused-ring (bicyclic) bond motifs is 2. The Hall–Kier alpha value is -0.910. The summed E-state index contributed by atoms with van der Waals surface area (Å²) in [5, 5.41) is 1.97.